The largest absolute Gasteiger partial charge is 0.322 e. The number of carbonyl (C=O) groups excluding carboxylic acids is 2. The minimum absolute atomic E-state index is 0.0405. The summed E-state index contributed by atoms with van der Waals surface area (Å²) >= 11 is 0. The lowest BCUT2D eigenvalue weighted by molar-refractivity contribution is 0.102. The summed E-state index contributed by atoms with van der Waals surface area (Å²) in [5.74, 6) is -2.69. The smallest absolute Gasteiger partial charge is 0.255 e. The molecule has 0 spiro atoms. The Morgan fingerprint density at radius 1 is 1.04 bits per heavy atom. The van der Waals surface area contributed by atoms with Gasteiger partial charge < -0.3 is 5.32 Å². The Labute approximate surface area is 158 Å². The van der Waals surface area contributed by atoms with Crippen LogP contribution in [0.5, 0.6) is 0 Å². The van der Waals surface area contributed by atoms with Crippen molar-refractivity contribution in [2.24, 2.45) is 16.0 Å². The number of hydrazone groups is 1. The van der Waals surface area contributed by atoms with E-state index in [1.54, 1.807) is 18.4 Å². The summed E-state index contributed by atoms with van der Waals surface area (Å²) in [7, 11) is 0. The van der Waals surface area contributed by atoms with E-state index in [1.807, 2.05) is 0 Å². The van der Waals surface area contributed by atoms with Crippen molar-refractivity contribution in [2.45, 2.75) is 6.17 Å². The number of amides is 1. The van der Waals surface area contributed by atoms with Crippen LogP contribution in [0.3, 0.4) is 0 Å². The van der Waals surface area contributed by atoms with Gasteiger partial charge in [0.15, 0.2) is 0 Å². The molecule has 2 aliphatic heterocycles. The predicted molar refractivity (Wildman–Crippen MR) is 101 cm³/mol. The Hall–Kier alpha value is -3.68. The number of hydrogen-bond donors (Lipinski definition) is 2. The lowest BCUT2D eigenvalue weighted by Gasteiger charge is -2.15. The van der Waals surface area contributed by atoms with E-state index in [2.05, 4.69) is 20.8 Å². The molecule has 140 valence electrons. The molecule has 28 heavy (non-hydrogen) atoms. The molecule has 0 radical (unpaired) electrons. The van der Waals surface area contributed by atoms with Gasteiger partial charge >= 0.3 is 0 Å². The zero-order valence-corrected chi connectivity index (χ0v) is 14.4. The second kappa shape index (κ2) is 7.15. The zero-order valence-electron chi connectivity index (χ0n) is 14.4. The van der Waals surface area contributed by atoms with Gasteiger partial charge in [-0.1, -0.05) is 12.1 Å². The first-order valence-corrected chi connectivity index (χ1v) is 8.46. The van der Waals surface area contributed by atoms with Crippen LogP contribution in [0.1, 0.15) is 20.7 Å². The average Bonchev–Trinajstić information content (AvgIpc) is 3.11. The fourth-order valence-electron chi connectivity index (χ4n) is 3.05. The van der Waals surface area contributed by atoms with E-state index in [-0.39, 0.29) is 34.6 Å². The van der Waals surface area contributed by atoms with Gasteiger partial charge in [0.25, 0.3) is 5.91 Å². The molecule has 1 amide bonds. The minimum atomic E-state index is -0.694. The molecule has 2 aromatic carbocycles. The Kier molecular flexibility index (Phi) is 4.52. The molecule has 2 heterocycles. The summed E-state index contributed by atoms with van der Waals surface area (Å²) in [6.07, 6.45) is 4.76. The van der Waals surface area contributed by atoms with Crippen LogP contribution in [0.2, 0.25) is 0 Å². The molecule has 6 nitrogen and oxygen atoms in total. The molecular formula is C20H14F2N4O2. The lowest BCUT2D eigenvalue weighted by Crippen LogP contribution is -2.31. The molecule has 2 aliphatic rings. The van der Waals surface area contributed by atoms with Crippen LogP contribution in [-0.2, 0) is 0 Å². The number of carbonyl (C=O) groups is 2. The highest BCUT2D eigenvalue weighted by Crippen LogP contribution is 2.23. The van der Waals surface area contributed by atoms with Crippen LogP contribution in [0.25, 0.3) is 0 Å². The molecule has 0 aliphatic carbocycles. The third-order valence-electron chi connectivity index (χ3n) is 4.36. The number of halogens is 2. The zero-order chi connectivity index (χ0) is 19.7. The fraction of sp³-hybridized carbons (Fsp3) is 0.100. The number of dihydropyridines is 1. The number of benzene rings is 2. The third-order valence-corrected chi connectivity index (χ3v) is 4.36. The van der Waals surface area contributed by atoms with Gasteiger partial charge in [0.2, 0.25) is 5.78 Å². The van der Waals surface area contributed by atoms with E-state index in [4.69, 9.17) is 0 Å². The number of Topliss-reactive ketones (excluding diaryl/α,β-unsaturated/α-hetero) is 1. The van der Waals surface area contributed by atoms with Gasteiger partial charge in [-0.05, 0) is 42.5 Å². The van der Waals surface area contributed by atoms with Crippen molar-refractivity contribution in [1.29, 1.82) is 0 Å². The molecule has 0 bridgehead atoms. The number of ketones is 1. The summed E-state index contributed by atoms with van der Waals surface area (Å²) in [6, 6.07) is 8.61. The maximum atomic E-state index is 14.1. The third kappa shape index (κ3) is 3.44. The Bertz CT molecular complexity index is 1060. The van der Waals surface area contributed by atoms with Crippen molar-refractivity contribution in [3.8, 4) is 0 Å². The number of aliphatic imine (C=N–C) groups is 1. The molecular weight excluding hydrogens is 366 g/mol. The van der Waals surface area contributed by atoms with Gasteiger partial charge in [0, 0.05) is 23.0 Å². The summed E-state index contributed by atoms with van der Waals surface area (Å²) in [6.45, 7) is 0. The first kappa shape index (κ1) is 17.7. The molecule has 2 unspecified atom stereocenters. The van der Waals surface area contributed by atoms with Gasteiger partial charge in [-0.15, -0.1) is 0 Å². The molecule has 0 saturated carbocycles. The first-order chi connectivity index (χ1) is 13.5. The van der Waals surface area contributed by atoms with E-state index in [1.165, 1.54) is 24.3 Å². The van der Waals surface area contributed by atoms with Crippen molar-refractivity contribution >= 4 is 29.3 Å². The maximum Gasteiger partial charge on any atom is 0.255 e. The number of nitrogens with one attached hydrogen (secondary N) is 2. The topological polar surface area (TPSA) is 82.9 Å². The summed E-state index contributed by atoms with van der Waals surface area (Å²) in [5, 5.41) is 6.51. The number of hydrogen-bond acceptors (Lipinski definition) is 5. The van der Waals surface area contributed by atoms with Gasteiger partial charge in [-0.3, -0.25) is 20.0 Å². The van der Waals surface area contributed by atoms with Crippen LogP contribution in [0.15, 0.2) is 64.7 Å². The van der Waals surface area contributed by atoms with E-state index < -0.39 is 23.3 Å². The normalized spacial score (nSPS) is 19.6. The molecule has 8 heteroatoms. The monoisotopic (exact) mass is 380 g/mol. The summed E-state index contributed by atoms with van der Waals surface area (Å²) in [5.41, 5.74) is 3.18. The number of nitrogens with zero attached hydrogens (tertiary/aromatic N) is 2. The highest BCUT2D eigenvalue weighted by molar-refractivity contribution is 6.47. The Morgan fingerprint density at radius 2 is 1.86 bits per heavy atom. The van der Waals surface area contributed by atoms with Crippen molar-refractivity contribution in [2.75, 3.05) is 5.32 Å². The van der Waals surface area contributed by atoms with Crippen LogP contribution in [-0.4, -0.2) is 29.8 Å². The Balaban J connectivity index is 1.57. The van der Waals surface area contributed by atoms with Crippen LogP contribution >= 0.6 is 0 Å². The Morgan fingerprint density at radius 3 is 2.68 bits per heavy atom. The quantitative estimate of drug-likeness (QED) is 0.800. The molecule has 0 fully saturated rings. The standard InChI is InChI=1S/C20H14F2N4O2/c21-13-4-1-3-11(7-13)20(28)24-15-9-12(8-14(22)10-15)18(27)17-16-5-2-6-23-19(16)26-25-17/h1-10,16,19,26H,(H,24,28). The van der Waals surface area contributed by atoms with E-state index in [9.17, 15) is 18.4 Å². The van der Waals surface area contributed by atoms with Gasteiger partial charge in [-0.2, -0.15) is 5.10 Å². The van der Waals surface area contributed by atoms with Crippen molar-refractivity contribution in [3.63, 3.8) is 0 Å². The van der Waals surface area contributed by atoms with Crippen LogP contribution in [0, 0.1) is 17.6 Å². The van der Waals surface area contributed by atoms with E-state index in [0.29, 0.717) is 0 Å². The SMILES string of the molecule is O=C(Nc1cc(F)cc(C(=O)C2=NNC3N=CC=CC23)c1)c1cccc(F)c1. The maximum absolute atomic E-state index is 14.1. The first-order valence-electron chi connectivity index (χ1n) is 8.46. The van der Waals surface area contributed by atoms with E-state index in [0.717, 1.165) is 18.2 Å². The molecule has 2 N–H and O–H groups in total. The molecule has 2 aromatic rings. The molecule has 0 aromatic heterocycles. The van der Waals surface area contributed by atoms with Crippen LogP contribution < -0.4 is 10.7 Å². The highest BCUT2D eigenvalue weighted by Gasteiger charge is 2.35. The van der Waals surface area contributed by atoms with Gasteiger partial charge in [0.05, 0.1) is 5.92 Å². The van der Waals surface area contributed by atoms with Gasteiger partial charge in [-0.25, -0.2) is 8.78 Å². The lowest BCUT2D eigenvalue weighted by atomic mass is 9.93. The highest BCUT2D eigenvalue weighted by atomic mass is 19.1. The second-order valence-electron chi connectivity index (χ2n) is 6.30. The number of anilines is 1. The molecule has 4 rings (SSSR count). The van der Waals surface area contributed by atoms with Crippen molar-refractivity contribution in [3.05, 3.63) is 77.4 Å². The number of rotatable bonds is 4. The van der Waals surface area contributed by atoms with E-state index >= 15 is 0 Å². The minimum Gasteiger partial charge on any atom is -0.322 e. The second-order valence-corrected chi connectivity index (χ2v) is 6.30. The van der Waals surface area contributed by atoms with Crippen molar-refractivity contribution < 1.29 is 18.4 Å². The van der Waals surface area contributed by atoms with Gasteiger partial charge in [0.1, 0.15) is 23.5 Å². The summed E-state index contributed by atoms with van der Waals surface area (Å²) < 4.78 is 27.4. The number of allylic oxidation sites excluding steroid dienone is 1. The fourth-order valence-corrected chi connectivity index (χ4v) is 3.05. The number of fused-ring (bicyclic) bond motifs is 1. The van der Waals surface area contributed by atoms with Crippen LogP contribution in [0.4, 0.5) is 14.5 Å². The predicted octanol–water partition coefficient (Wildman–Crippen LogP) is 2.94. The average molecular weight is 380 g/mol. The molecule has 0 saturated heterocycles. The van der Waals surface area contributed by atoms with Crippen molar-refractivity contribution in [1.82, 2.24) is 5.43 Å². The molecule has 2 atom stereocenters. The summed E-state index contributed by atoms with van der Waals surface area (Å²) in [4.78, 5) is 29.3.